The van der Waals surface area contributed by atoms with Gasteiger partial charge in [-0.15, -0.1) is 0 Å². The number of hydrogen-bond donors (Lipinski definition) is 1. The molecule has 0 bridgehead atoms. The lowest BCUT2D eigenvalue weighted by Crippen LogP contribution is -2.15. The Balaban J connectivity index is 2.22. The maximum absolute atomic E-state index is 13.6. The van der Waals surface area contributed by atoms with Crippen molar-refractivity contribution in [1.82, 2.24) is 0 Å². The van der Waals surface area contributed by atoms with Gasteiger partial charge in [-0.2, -0.15) is 0 Å². The Labute approximate surface area is 89.9 Å². The molecule has 1 saturated carbocycles. The number of aliphatic hydroxyl groups excluding tert-OH is 1. The van der Waals surface area contributed by atoms with E-state index < -0.39 is 0 Å². The monoisotopic (exact) mass is 208 g/mol. The molecule has 1 fully saturated rings. The highest BCUT2D eigenvalue weighted by molar-refractivity contribution is 5.22. The summed E-state index contributed by atoms with van der Waals surface area (Å²) in [5.41, 5.74) is 0.687. The quantitative estimate of drug-likeness (QED) is 0.809. The average Bonchev–Trinajstić information content (AvgIpc) is 2.75. The number of hydrogen-bond acceptors (Lipinski definition) is 1. The predicted octanol–water partition coefficient (Wildman–Crippen LogP) is 3.09. The third-order valence-corrected chi connectivity index (χ3v) is 3.47. The highest BCUT2D eigenvalue weighted by atomic mass is 19.1. The summed E-state index contributed by atoms with van der Waals surface area (Å²) >= 11 is 0. The topological polar surface area (TPSA) is 20.2 Å². The second-order valence-electron chi connectivity index (χ2n) is 4.36. The molecule has 0 aromatic heterocycles. The van der Waals surface area contributed by atoms with E-state index in [0.717, 1.165) is 12.8 Å². The molecule has 1 unspecified atom stereocenters. The van der Waals surface area contributed by atoms with E-state index in [1.807, 2.05) is 6.07 Å². The third kappa shape index (κ3) is 2.20. The maximum Gasteiger partial charge on any atom is 0.126 e. The van der Waals surface area contributed by atoms with Gasteiger partial charge in [0.1, 0.15) is 5.82 Å². The summed E-state index contributed by atoms with van der Waals surface area (Å²) in [7, 11) is 0. The number of halogens is 1. The lowest BCUT2D eigenvalue weighted by molar-refractivity contribution is 0.223. The van der Waals surface area contributed by atoms with Crippen molar-refractivity contribution in [2.45, 2.75) is 31.6 Å². The second kappa shape index (κ2) is 4.75. The van der Waals surface area contributed by atoms with Crippen LogP contribution >= 0.6 is 0 Å². The van der Waals surface area contributed by atoms with Crippen molar-refractivity contribution in [2.75, 3.05) is 6.61 Å². The fourth-order valence-electron chi connectivity index (χ4n) is 2.64. The van der Waals surface area contributed by atoms with Crippen molar-refractivity contribution in [2.24, 2.45) is 5.92 Å². The Morgan fingerprint density at radius 3 is 2.53 bits per heavy atom. The van der Waals surface area contributed by atoms with Crippen molar-refractivity contribution >= 4 is 0 Å². The smallest absolute Gasteiger partial charge is 0.126 e. The van der Waals surface area contributed by atoms with Gasteiger partial charge in [0.25, 0.3) is 0 Å². The normalized spacial score (nSPS) is 19.3. The van der Waals surface area contributed by atoms with Crippen molar-refractivity contribution in [3.63, 3.8) is 0 Å². The van der Waals surface area contributed by atoms with E-state index in [1.165, 1.54) is 18.9 Å². The van der Waals surface area contributed by atoms with Crippen LogP contribution in [0.5, 0.6) is 0 Å². The molecule has 15 heavy (non-hydrogen) atoms. The van der Waals surface area contributed by atoms with Crippen LogP contribution in [0.25, 0.3) is 0 Å². The summed E-state index contributed by atoms with van der Waals surface area (Å²) in [5.74, 6) is 0.282. The SMILES string of the molecule is OCC(c1ccccc1F)C1CCCC1. The van der Waals surface area contributed by atoms with E-state index >= 15 is 0 Å². The molecule has 0 aliphatic heterocycles. The summed E-state index contributed by atoms with van der Waals surface area (Å²) in [6.07, 6.45) is 4.68. The van der Waals surface area contributed by atoms with Gasteiger partial charge in [-0.25, -0.2) is 4.39 Å². The van der Waals surface area contributed by atoms with Gasteiger partial charge in [0.2, 0.25) is 0 Å². The minimum Gasteiger partial charge on any atom is -0.396 e. The zero-order valence-electron chi connectivity index (χ0n) is 8.82. The molecule has 1 N–H and O–H groups in total. The minimum atomic E-state index is -0.177. The first-order valence-corrected chi connectivity index (χ1v) is 5.68. The molecular formula is C13H17FO. The summed E-state index contributed by atoms with van der Waals surface area (Å²) in [5, 5.41) is 9.40. The highest BCUT2D eigenvalue weighted by Crippen LogP contribution is 2.37. The Morgan fingerprint density at radius 1 is 1.27 bits per heavy atom. The van der Waals surface area contributed by atoms with E-state index in [0.29, 0.717) is 11.5 Å². The first-order chi connectivity index (χ1) is 7.33. The van der Waals surface area contributed by atoms with E-state index in [2.05, 4.69) is 0 Å². The third-order valence-electron chi connectivity index (χ3n) is 3.47. The molecular weight excluding hydrogens is 191 g/mol. The van der Waals surface area contributed by atoms with Gasteiger partial charge in [-0.1, -0.05) is 31.0 Å². The van der Waals surface area contributed by atoms with Gasteiger partial charge in [0, 0.05) is 5.92 Å². The van der Waals surface area contributed by atoms with Crippen molar-refractivity contribution < 1.29 is 9.50 Å². The van der Waals surface area contributed by atoms with E-state index in [-0.39, 0.29) is 18.3 Å². The second-order valence-corrected chi connectivity index (χ2v) is 4.36. The van der Waals surface area contributed by atoms with Crippen LogP contribution in [0.2, 0.25) is 0 Å². The van der Waals surface area contributed by atoms with Crippen LogP contribution in [0.1, 0.15) is 37.2 Å². The van der Waals surface area contributed by atoms with Gasteiger partial charge >= 0.3 is 0 Å². The first-order valence-electron chi connectivity index (χ1n) is 5.68. The van der Waals surface area contributed by atoms with Crippen LogP contribution in [0.4, 0.5) is 4.39 Å². The molecule has 1 atom stereocenters. The molecule has 1 aliphatic carbocycles. The zero-order chi connectivity index (χ0) is 10.7. The standard InChI is InChI=1S/C13H17FO/c14-13-8-4-3-7-11(13)12(9-15)10-5-1-2-6-10/h3-4,7-8,10,12,15H,1-2,5-6,9H2. The molecule has 1 aromatic rings. The predicted molar refractivity (Wildman–Crippen MR) is 58.2 cm³/mol. The first kappa shape index (κ1) is 10.6. The van der Waals surface area contributed by atoms with E-state index in [9.17, 15) is 9.50 Å². The van der Waals surface area contributed by atoms with Crippen LogP contribution < -0.4 is 0 Å². The molecule has 0 heterocycles. The van der Waals surface area contributed by atoms with Gasteiger partial charge in [-0.3, -0.25) is 0 Å². The van der Waals surface area contributed by atoms with Crippen LogP contribution in [0.3, 0.4) is 0 Å². The molecule has 2 heteroatoms. The molecule has 1 aliphatic rings. The summed E-state index contributed by atoms with van der Waals surface area (Å²) in [6.45, 7) is 0.0611. The fourth-order valence-corrected chi connectivity index (χ4v) is 2.64. The Morgan fingerprint density at radius 2 is 1.93 bits per heavy atom. The summed E-state index contributed by atoms with van der Waals surface area (Å²) < 4.78 is 13.6. The molecule has 0 saturated heterocycles. The Kier molecular flexibility index (Phi) is 3.37. The largest absolute Gasteiger partial charge is 0.396 e. The average molecular weight is 208 g/mol. The van der Waals surface area contributed by atoms with Crippen molar-refractivity contribution in [3.8, 4) is 0 Å². The lowest BCUT2D eigenvalue weighted by Gasteiger charge is -2.21. The molecule has 82 valence electrons. The Hall–Kier alpha value is -0.890. The van der Waals surface area contributed by atoms with Crippen LogP contribution in [0.15, 0.2) is 24.3 Å². The van der Waals surface area contributed by atoms with E-state index in [4.69, 9.17) is 0 Å². The molecule has 1 nitrogen and oxygen atoms in total. The molecule has 1 aromatic carbocycles. The van der Waals surface area contributed by atoms with Crippen LogP contribution in [0, 0.1) is 11.7 Å². The van der Waals surface area contributed by atoms with Gasteiger partial charge in [-0.05, 0) is 30.4 Å². The fraction of sp³-hybridized carbons (Fsp3) is 0.538. The molecule has 2 rings (SSSR count). The Bertz CT molecular complexity index is 318. The van der Waals surface area contributed by atoms with Crippen molar-refractivity contribution in [3.05, 3.63) is 35.6 Å². The minimum absolute atomic E-state index is 0.00583. The molecule has 0 spiro atoms. The molecule has 0 radical (unpaired) electrons. The van der Waals surface area contributed by atoms with Crippen LogP contribution in [-0.4, -0.2) is 11.7 Å². The van der Waals surface area contributed by atoms with E-state index in [1.54, 1.807) is 12.1 Å². The van der Waals surface area contributed by atoms with Gasteiger partial charge < -0.3 is 5.11 Å². The summed E-state index contributed by atoms with van der Waals surface area (Å²) in [4.78, 5) is 0. The van der Waals surface area contributed by atoms with Gasteiger partial charge in [0.05, 0.1) is 6.61 Å². The number of aliphatic hydroxyl groups is 1. The van der Waals surface area contributed by atoms with Crippen molar-refractivity contribution in [1.29, 1.82) is 0 Å². The van der Waals surface area contributed by atoms with Crippen LogP contribution in [-0.2, 0) is 0 Å². The number of benzene rings is 1. The highest BCUT2D eigenvalue weighted by Gasteiger charge is 2.27. The molecule has 0 amide bonds. The van der Waals surface area contributed by atoms with Gasteiger partial charge in [0.15, 0.2) is 0 Å². The zero-order valence-corrected chi connectivity index (χ0v) is 8.82. The maximum atomic E-state index is 13.6. The lowest BCUT2D eigenvalue weighted by atomic mass is 9.85. The summed E-state index contributed by atoms with van der Waals surface area (Å²) in [6, 6.07) is 6.82. The number of rotatable bonds is 3.